The Morgan fingerprint density at radius 3 is 2.73 bits per heavy atom. The van der Waals surface area contributed by atoms with Gasteiger partial charge in [0.15, 0.2) is 5.96 Å². The average molecular weight is 203 g/mol. The Labute approximate surface area is 87.9 Å². The van der Waals surface area contributed by atoms with Gasteiger partial charge in [-0.3, -0.25) is 5.73 Å². The highest BCUT2D eigenvalue weighted by atomic mass is 15.3. The molecule has 0 bridgehead atoms. The molecule has 15 heavy (non-hydrogen) atoms. The van der Waals surface area contributed by atoms with Crippen molar-refractivity contribution in [3.8, 4) is 0 Å². The molecule has 1 aromatic rings. The first kappa shape index (κ1) is 9.67. The minimum Gasteiger partial charge on any atom is -0.370 e. The van der Waals surface area contributed by atoms with Gasteiger partial charge in [-0.1, -0.05) is 24.3 Å². The highest BCUT2D eigenvalue weighted by Crippen LogP contribution is 2.25. The third-order valence-electron chi connectivity index (χ3n) is 2.31. The van der Waals surface area contributed by atoms with Gasteiger partial charge in [-0.25, -0.2) is 9.98 Å². The summed E-state index contributed by atoms with van der Waals surface area (Å²) < 4.78 is 0. The van der Waals surface area contributed by atoms with Crippen molar-refractivity contribution >= 4 is 12.3 Å². The molecule has 0 saturated carbocycles. The van der Waals surface area contributed by atoms with E-state index in [1.54, 1.807) is 0 Å². The Bertz CT molecular complexity index is 437. The number of benzene rings is 1. The van der Waals surface area contributed by atoms with Crippen LogP contribution in [0.1, 0.15) is 11.1 Å². The van der Waals surface area contributed by atoms with Gasteiger partial charge in [0.2, 0.25) is 5.79 Å². The number of hydrogen-bond donors (Lipinski definition) is 3. The fraction of sp³-hybridized carbons (Fsp3) is 0.200. The first-order valence-electron chi connectivity index (χ1n) is 4.62. The molecular formula is C10H13N5. The number of guanidine groups is 1. The second-order valence-electron chi connectivity index (χ2n) is 3.44. The van der Waals surface area contributed by atoms with Gasteiger partial charge in [0.1, 0.15) is 0 Å². The summed E-state index contributed by atoms with van der Waals surface area (Å²) >= 11 is 0. The maximum Gasteiger partial charge on any atom is 0.234 e. The summed E-state index contributed by atoms with van der Waals surface area (Å²) in [5, 5.41) is 2.68. The lowest BCUT2D eigenvalue weighted by Crippen LogP contribution is -2.44. The van der Waals surface area contributed by atoms with E-state index in [1.165, 1.54) is 6.34 Å². The molecule has 1 heterocycles. The van der Waals surface area contributed by atoms with Crippen LogP contribution in [0.3, 0.4) is 0 Å². The molecule has 0 saturated heterocycles. The average Bonchev–Trinajstić information content (AvgIpc) is 2.17. The molecule has 0 aliphatic carbocycles. The maximum absolute atomic E-state index is 6.07. The number of rotatable bonds is 1. The lowest BCUT2D eigenvalue weighted by Gasteiger charge is -2.25. The summed E-state index contributed by atoms with van der Waals surface area (Å²) in [6.45, 7) is 1.97. The fourth-order valence-corrected chi connectivity index (χ4v) is 1.56. The Morgan fingerprint density at radius 2 is 2.07 bits per heavy atom. The van der Waals surface area contributed by atoms with Crippen molar-refractivity contribution in [3.05, 3.63) is 35.4 Å². The monoisotopic (exact) mass is 203 g/mol. The minimum atomic E-state index is -1.10. The molecule has 78 valence electrons. The highest BCUT2D eigenvalue weighted by Gasteiger charge is 2.28. The van der Waals surface area contributed by atoms with Crippen LogP contribution in [-0.2, 0) is 5.79 Å². The van der Waals surface area contributed by atoms with Gasteiger partial charge in [-0.05, 0) is 12.5 Å². The molecule has 1 aliphatic heterocycles. The molecule has 5 heteroatoms. The minimum absolute atomic E-state index is 0.274. The molecule has 0 aromatic heterocycles. The molecular weight excluding hydrogens is 190 g/mol. The molecule has 1 atom stereocenters. The first-order chi connectivity index (χ1) is 7.12. The van der Waals surface area contributed by atoms with Crippen LogP contribution in [0.2, 0.25) is 0 Å². The smallest absolute Gasteiger partial charge is 0.234 e. The van der Waals surface area contributed by atoms with Crippen molar-refractivity contribution < 1.29 is 0 Å². The summed E-state index contributed by atoms with van der Waals surface area (Å²) in [6.07, 6.45) is 1.47. The van der Waals surface area contributed by atoms with Crippen molar-refractivity contribution in [3.63, 3.8) is 0 Å². The third kappa shape index (κ3) is 1.69. The van der Waals surface area contributed by atoms with Gasteiger partial charge in [-0.2, -0.15) is 0 Å². The van der Waals surface area contributed by atoms with Gasteiger partial charge in [0, 0.05) is 5.56 Å². The fourth-order valence-electron chi connectivity index (χ4n) is 1.56. The lowest BCUT2D eigenvalue weighted by atomic mass is 10.0. The van der Waals surface area contributed by atoms with E-state index in [9.17, 15) is 0 Å². The number of nitrogens with zero attached hydrogens (tertiary/aromatic N) is 2. The molecule has 1 aliphatic rings. The van der Waals surface area contributed by atoms with Crippen LogP contribution in [0.15, 0.2) is 34.3 Å². The van der Waals surface area contributed by atoms with Gasteiger partial charge < -0.3 is 11.1 Å². The summed E-state index contributed by atoms with van der Waals surface area (Å²) in [4.78, 5) is 8.23. The van der Waals surface area contributed by atoms with Crippen molar-refractivity contribution in [2.24, 2.45) is 21.5 Å². The normalized spacial score (nSPS) is 24.5. The SMILES string of the molecule is Cc1ccccc1C1(N)N=CNC(N)=N1. The molecule has 1 unspecified atom stereocenters. The maximum atomic E-state index is 6.07. The van der Waals surface area contributed by atoms with Crippen LogP contribution < -0.4 is 16.8 Å². The quantitative estimate of drug-likeness (QED) is 0.600. The predicted molar refractivity (Wildman–Crippen MR) is 60.3 cm³/mol. The van der Waals surface area contributed by atoms with Crippen molar-refractivity contribution in [1.29, 1.82) is 0 Å². The topological polar surface area (TPSA) is 88.8 Å². The van der Waals surface area contributed by atoms with Gasteiger partial charge in [-0.15, -0.1) is 0 Å². The zero-order valence-electron chi connectivity index (χ0n) is 8.44. The highest BCUT2D eigenvalue weighted by molar-refractivity contribution is 5.90. The number of hydrogen-bond acceptors (Lipinski definition) is 5. The predicted octanol–water partition coefficient (Wildman–Crippen LogP) is 0.0102. The van der Waals surface area contributed by atoms with E-state index in [1.807, 2.05) is 31.2 Å². The van der Waals surface area contributed by atoms with E-state index in [2.05, 4.69) is 15.3 Å². The summed E-state index contributed by atoms with van der Waals surface area (Å²) in [5.74, 6) is -0.823. The van der Waals surface area contributed by atoms with Crippen LogP contribution in [0, 0.1) is 6.92 Å². The van der Waals surface area contributed by atoms with E-state index in [4.69, 9.17) is 11.5 Å². The lowest BCUT2D eigenvalue weighted by molar-refractivity contribution is 0.486. The first-order valence-corrected chi connectivity index (χ1v) is 4.62. The van der Waals surface area contributed by atoms with E-state index >= 15 is 0 Å². The zero-order chi connectivity index (χ0) is 10.9. The van der Waals surface area contributed by atoms with Gasteiger partial charge in [0.25, 0.3) is 0 Å². The number of aryl methyl sites for hydroxylation is 1. The molecule has 0 fully saturated rings. The molecule has 5 N–H and O–H groups in total. The van der Waals surface area contributed by atoms with E-state index in [0.717, 1.165) is 11.1 Å². The standard InChI is InChI=1S/C10H13N5/c1-7-4-2-3-5-8(7)10(12)14-6-13-9(11)15-10/h2-6H,12H2,1H3,(H3,11,13,14,15). The Balaban J connectivity index is 2.50. The molecule has 1 aromatic carbocycles. The van der Waals surface area contributed by atoms with Crippen LogP contribution in [0.4, 0.5) is 0 Å². The van der Waals surface area contributed by atoms with Crippen molar-refractivity contribution in [2.75, 3.05) is 0 Å². The molecule has 2 rings (SSSR count). The third-order valence-corrected chi connectivity index (χ3v) is 2.31. The Hall–Kier alpha value is -1.88. The molecule has 0 amide bonds. The van der Waals surface area contributed by atoms with Gasteiger partial charge >= 0.3 is 0 Å². The number of nitrogens with one attached hydrogen (secondary N) is 1. The van der Waals surface area contributed by atoms with Crippen LogP contribution in [0.5, 0.6) is 0 Å². The Morgan fingerprint density at radius 1 is 1.33 bits per heavy atom. The van der Waals surface area contributed by atoms with E-state index in [0.29, 0.717) is 0 Å². The van der Waals surface area contributed by atoms with Crippen LogP contribution >= 0.6 is 0 Å². The molecule has 0 spiro atoms. The second-order valence-corrected chi connectivity index (χ2v) is 3.44. The van der Waals surface area contributed by atoms with Crippen LogP contribution in [-0.4, -0.2) is 12.3 Å². The van der Waals surface area contributed by atoms with Gasteiger partial charge in [0.05, 0.1) is 6.34 Å². The Kier molecular flexibility index (Phi) is 2.17. The molecule has 5 nitrogen and oxygen atoms in total. The zero-order valence-corrected chi connectivity index (χ0v) is 8.44. The largest absolute Gasteiger partial charge is 0.370 e. The summed E-state index contributed by atoms with van der Waals surface area (Å²) in [5.41, 5.74) is 13.5. The van der Waals surface area contributed by atoms with E-state index in [-0.39, 0.29) is 5.96 Å². The summed E-state index contributed by atoms with van der Waals surface area (Å²) in [6, 6.07) is 7.71. The van der Waals surface area contributed by atoms with Crippen molar-refractivity contribution in [1.82, 2.24) is 5.32 Å². The number of aliphatic imine (C=N–C) groups is 2. The molecule has 0 radical (unpaired) electrons. The van der Waals surface area contributed by atoms with Crippen molar-refractivity contribution in [2.45, 2.75) is 12.7 Å². The second kappa shape index (κ2) is 3.36. The van der Waals surface area contributed by atoms with E-state index < -0.39 is 5.79 Å². The number of nitrogens with two attached hydrogens (primary N) is 2. The van der Waals surface area contributed by atoms with Crippen LogP contribution in [0.25, 0.3) is 0 Å². The summed E-state index contributed by atoms with van der Waals surface area (Å²) in [7, 11) is 0.